The normalized spacial score (nSPS) is 10.9. The lowest BCUT2D eigenvalue weighted by Gasteiger charge is -2.03. The minimum Gasteiger partial charge on any atom is -0.382 e. The molecule has 0 aliphatic heterocycles. The highest BCUT2D eigenvalue weighted by molar-refractivity contribution is 4.96. The number of nitrogens with two attached hydrogens (primary N) is 1. The lowest BCUT2D eigenvalue weighted by Crippen LogP contribution is -2.05. The second-order valence-electron chi connectivity index (χ2n) is 3.60. The van der Waals surface area contributed by atoms with Gasteiger partial charge < -0.3 is 19.8 Å². The first kappa shape index (κ1) is 13.2. The highest BCUT2D eigenvalue weighted by Gasteiger charge is 1.97. The minimum absolute atomic E-state index is 0.650. The molecule has 0 unspecified atom stereocenters. The van der Waals surface area contributed by atoms with E-state index < -0.39 is 0 Å². The van der Waals surface area contributed by atoms with E-state index in [-0.39, 0.29) is 0 Å². The molecule has 0 aliphatic rings. The third-order valence-corrected chi connectivity index (χ3v) is 2.22. The van der Waals surface area contributed by atoms with Gasteiger partial charge in [-0.05, 0) is 13.0 Å². The summed E-state index contributed by atoms with van der Waals surface area (Å²) < 4.78 is 12.3. The zero-order valence-corrected chi connectivity index (χ0v) is 9.89. The summed E-state index contributed by atoms with van der Waals surface area (Å²) in [7, 11) is 1.67. The van der Waals surface area contributed by atoms with Crippen molar-refractivity contribution in [3.63, 3.8) is 0 Å². The predicted octanol–water partition coefficient (Wildman–Crippen LogP) is 0.437. The average Bonchev–Trinajstić information content (AvgIpc) is 2.72. The fourth-order valence-electron chi connectivity index (χ4n) is 1.40. The Morgan fingerprint density at radius 3 is 3.00 bits per heavy atom. The van der Waals surface area contributed by atoms with Crippen LogP contribution in [0, 0.1) is 0 Å². The Morgan fingerprint density at radius 1 is 1.38 bits per heavy atom. The van der Waals surface area contributed by atoms with Crippen LogP contribution in [0.25, 0.3) is 0 Å². The molecule has 0 amide bonds. The van der Waals surface area contributed by atoms with Crippen LogP contribution in [0.15, 0.2) is 12.5 Å². The predicted molar refractivity (Wildman–Crippen MR) is 62.3 cm³/mol. The summed E-state index contributed by atoms with van der Waals surface area (Å²) >= 11 is 0. The monoisotopic (exact) mass is 227 g/mol. The largest absolute Gasteiger partial charge is 0.382 e. The van der Waals surface area contributed by atoms with Crippen LogP contribution < -0.4 is 5.73 Å². The summed E-state index contributed by atoms with van der Waals surface area (Å²) in [5.41, 5.74) is 6.52. The van der Waals surface area contributed by atoms with Crippen LogP contribution in [0.1, 0.15) is 12.1 Å². The number of imidazole rings is 1. The van der Waals surface area contributed by atoms with Crippen molar-refractivity contribution in [1.29, 1.82) is 0 Å². The molecule has 1 heterocycles. The van der Waals surface area contributed by atoms with Crippen molar-refractivity contribution >= 4 is 0 Å². The Hall–Kier alpha value is -0.910. The molecule has 0 aliphatic carbocycles. The molecule has 0 bridgehead atoms. The van der Waals surface area contributed by atoms with Gasteiger partial charge in [-0.25, -0.2) is 4.98 Å². The van der Waals surface area contributed by atoms with Crippen molar-refractivity contribution in [2.45, 2.75) is 19.4 Å². The van der Waals surface area contributed by atoms with E-state index in [0.717, 1.165) is 31.7 Å². The summed E-state index contributed by atoms with van der Waals surface area (Å²) in [6, 6.07) is 0. The molecule has 0 aromatic carbocycles. The van der Waals surface area contributed by atoms with Gasteiger partial charge in [0.1, 0.15) is 0 Å². The van der Waals surface area contributed by atoms with Gasteiger partial charge in [0.15, 0.2) is 0 Å². The van der Waals surface area contributed by atoms with Gasteiger partial charge in [0.25, 0.3) is 0 Å². The molecule has 1 aromatic rings. The molecule has 1 rings (SSSR count). The SMILES string of the molecule is COCCOCCCn1cnc(CCN)c1. The number of ether oxygens (including phenoxy) is 2. The van der Waals surface area contributed by atoms with Crippen LogP contribution in [0.3, 0.4) is 0 Å². The minimum atomic E-state index is 0.650. The summed E-state index contributed by atoms with van der Waals surface area (Å²) in [5, 5.41) is 0. The molecule has 0 atom stereocenters. The molecule has 92 valence electrons. The third kappa shape index (κ3) is 5.25. The number of hydrogen-bond donors (Lipinski definition) is 1. The van der Waals surface area contributed by atoms with Crippen LogP contribution in [-0.2, 0) is 22.4 Å². The maximum Gasteiger partial charge on any atom is 0.0949 e. The lowest BCUT2D eigenvalue weighted by atomic mass is 10.3. The fourth-order valence-corrected chi connectivity index (χ4v) is 1.40. The van der Waals surface area contributed by atoms with Crippen LogP contribution in [-0.4, -0.2) is 43.0 Å². The van der Waals surface area contributed by atoms with Gasteiger partial charge in [-0.2, -0.15) is 0 Å². The maximum atomic E-state index is 5.46. The van der Waals surface area contributed by atoms with E-state index in [9.17, 15) is 0 Å². The van der Waals surface area contributed by atoms with Gasteiger partial charge in [-0.3, -0.25) is 0 Å². The summed E-state index contributed by atoms with van der Waals surface area (Å²) in [5.74, 6) is 0. The first-order valence-electron chi connectivity index (χ1n) is 5.64. The Balaban J connectivity index is 2.07. The van der Waals surface area contributed by atoms with Crippen molar-refractivity contribution < 1.29 is 9.47 Å². The van der Waals surface area contributed by atoms with E-state index in [1.165, 1.54) is 0 Å². The summed E-state index contributed by atoms with van der Waals surface area (Å²) in [6.45, 7) is 3.67. The third-order valence-electron chi connectivity index (χ3n) is 2.22. The van der Waals surface area contributed by atoms with Gasteiger partial charge >= 0.3 is 0 Å². The Bertz CT molecular complexity index is 276. The molecular formula is C11H21N3O2. The van der Waals surface area contributed by atoms with E-state index in [4.69, 9.17) is 15.2 Å². The molecule has 5 nitrogen and oxygen atoms in total. The number of methoxy groups -OCH3 is 1. The van der Waals surface area contributed by atoms with Crippen molar-refractivity contribution in [1.82, 2.24) is 9.55 Å². The number of aryl methyl sites for hydroxylation is 1. The summed E-state index contributed by atoms with van der Waals surface area (Å²) in [4.78, 5) is 4.26. The maximum absolute atomic E-state index is 5.46. The quantitative estimate of drug-likeness (QED) is 0.622. The average molecular weight is 227 g/mol. The van der Waals surface area contributed by atoms with E-state index in [1.54, 1.807) is 7.11 Å². The van der Waals surface area contributed by atoms with Crippen LogP contribution >= 0.6 is 0 Å². The number of aromatic nitrogens is 2. The zero-order valence-electron chi connectivity index (χ0n) is 9.89. The van der Waals surface area contributed by atoms with Crippen molar-refractivity contribution in [2.75, 3.05) is 33.5 Å². The van der Waals surface area contributed by atoms with Gasteiger partial charge in [-0.1, -0.05) is 0 Å². The molecule has 2 N–H and O–H groups in total. The first-order chi connectivity index (χ1) is 7.86. The van der Waals surface area contributed by atoms with E-state index in [1.807, 2.05) is 12.5 Å². The molecule has 1 aromatic heterocycles. The second-order valence-corrected chi connectivity index (χ2v) is 3.60. The molecule has 0 fully saturated rings. The van der Waals surface area contributed by atoms with E-state index in [2.05, 4.69) is 9.55 Å². The topological polar surface area (TPSA) is 62.3 Å². The van der Waals surface area contributed by atoms with E-state index in [0.29, 0.717) is 19.8 Å². The molecule has 16 heavy (non-hydrogen) atoms. The molecule has 0 radical (unpaired) electrons. The van der Waals surface area contributed by atoms with E-state index >= 15 is 0 Å². The summed E-state index contributed by atoms with van der Waals surface area (Å²) in [6.07, 6.45) is 5.72. The number of hydrogen-bond acceptors (Lipinski definition) is 4. The highest BCUT2D eigenvalue weighted by atomic mass is 16.5. The number of nitrogens with zero attached hydrogens (tertiary/aromatic N) is 2. The molecule has 5 heteroatoms. The fraction of sp³-hybridized carbons (Fsp3) is 0.727. The first-order valence-corrected chi connectivity index (χ1v) is 5.64. The van der Waals surface area contributed by atoms with Crippen molar-refractivity contribution in [3.8, 4) is 0 Å². The zero-order chi connectivity index (χ0) is 11.6. The molecular weight excluding hydrogens is 206 g/mol. The lowest BCUT2D eigenvalue weighted by molar-refractivity contribution is 0.0680. The van der Waals surface area contributed by atoms with Crippen molar-refractivity contribution in [3.05, 3.63) is 18.2 Å². The van der Waals surface area contributed by atoms with Crippen LogP contribution in [0.4, 0.5) is 0 Å². The van der Waals surface area contributed by atoms with Gasteiger partial charge in [0, 0.05) is 32.9 Å². The Labute approximate surface area is 96.6 Å². The van der Waals surface area contributed by atoms with Gasteiger partial charge in [0.2, 0.25) is 0 Å². The van der Waals surface area contributed by atoms with Gasteiger partial charge in [0.05, 0.1) is 25.2 Å². The molecule has 0 spiro atoms. The molecule has 0 saturated carbocycles. The van der Waals surface area contributed by atoms with Crippen LogP contribution in [0.5, 0.6) is 0 Å². The smallest absolute Gasteiger partial charge is 0.0949 e. The highest BCUT2D eigenvalue weighted by Crippen LogP contribution is 1.98. The van der Waals surface area contributed by atoms with Crippen LogP contribution in [0.2, 0.25) is 0 Å². The standard InChI is InChI=1S/C11H21N3O2/c1-15-7-8-16-6-2-5-14-9-11(3-4-12)13-10-14/h9-10H,2-8,12H2,1H3. The number of rotatable bonds is 9. The Morgan fingerprint density at radius 2 is 2.25 bits per heavy atom. The molecule has 0 saturated heterocycles. The van der Waals surface area contributed by atoms with Crippen molar-refractivity contribution in [2.24, 2.45) is 5.73 Å². The second kappa shape index (κ2) is 8.27. The van der Waals surface area contributed by atoms with Gasteiger partial charge in [-0.15, -0.1) is 0 Å². The Kier molecular flexibility index (Phi) is 6.80.